The van der Waals surface area contributed by atoms with E-state index in [1.54, 1.807) is 66.7 Å². The van der Waals surface area contributed by atoms with E-state index in [0.29, 0.717) is 51.1 Å². The van der Waals surface area contributed by atoms with Crippen LogP contribution in [0.4, 0.5) is 40.3 Å². The predicted molar refractivity (Wildman–Crippen MR) is 240 cm³/mol. The smallest absolute Gasteiger partial charge is 0.294 e. The zero-order valence-electron chi connectivity index (χ0n) is 32.9. The fraction of sp³-hybridized carbons (Fsp3) is 0.0256. The number of aryl methyl sites for hydroxylation is 1. The maximum atomic E-state index is 14.7. The summed E-state index contributed by atoms with van der Waals surface area (Å²) in [6.45, 7) is 0. The first-order chi connectivity index (χ1) is 31.6. The lowest BCUT2D eigenvalue weighted by Crippen LogP contribution is -2.39. The summed E-state index contributed by atoms with van der Waals surface area (Å²) in [6, 6.07) is 23.9. The molecule has 336 valence electrons. The Labute approximate surface area is 384 Å². The van der Waals surface area contributed by atoms with Gasteiger partial charge < -0.3 is 20.5 Å². The van der Waals surface area contributed by atoms with Crippen LogP contribution in [0.15, 0.2) is 126 Å². The van der Waals surface area contributed by atoms with E-state index in [9.17, 15) is 31.0 Å². The monoisotopic (exact) mass is 991 g/mol. The van der Waals surface area contributed by atoms with Crippen molar-refractivity contribution in [3.63, 3.8) is 0 Å². The number of hydrogen-bond acceptors (Lipinski definition) is 21. The quantitative estimate of drug-likeness (QED) is 0.0243. The molecule has 66 heavy (non-hydrogen) atoms. The van der Waals surface area contributed by atoms with Gasteiger partial charge in [0.05, 0.1) is 78.2 Å². The highest BCUT2D eigenvalue weighted by Crippen LogP contribution is 2.45. The Balaban J connectivity index is 1.14. The van der Waals surface area contributed by atoms with Crippen molar-refractivity contribution in [2.75, 3.05) is 16.0 Å². The minimum atomic E-state index is -4.66. The molecule has 0 atom stereocenters. The van der Waals surface area contributed by atoms with E-state index in [-0.39, 0.29) is 77.8 Å². The second-order valence-electron chi connectivity index (χ2n) is 13.8. The van der Waals surface area contributed by atoms with E-state index in [2.05, 4.69) is 55.0 Å². The van der Waals surface area contributed by atoms with Crippen LogP contribution in [0.2, 0.25) is 5.28 Å². The number of fused-ring (bicyclic) bond motifs is 3. The molecule has 0 unspecified atom stereocenters. The summed E-state index contributed by atoms with van der Waals surface area (Å²) in [5, 5.41) is 34.3. The van der Waals surface area contributed by atoms with Gasteiger partial charge in [0.2, 0.25) is 17.2 Å². The van der Waals surface area contributed by atoms with Crippen LogP contribution in [-0.2, 0) is 45.9 Å². The van der Waals surface area contributed by atoms with E-state index in [1.165, 1.54) is 29.8 Å². The Kier molecular flexibility index (Phi) is 12.0. The summed E-state index contributed by atoms with van der Waals surface area (Å²) < 4.78 is 73.5. The minimum Gasteiger partial charge on any atom is -0.354 e. The Morgan fingerprint density at radius 3 is 2.11 bits per heavy atom. The molecule has 1 aliphatic heterocycles. The normalized spacial score (nSPS) is 13.7. The number of sulfonamides is 1. The number of anilines is 6. The number of rotatable bonds is 14. The number of amidine groups is 1. The van der Waals surface area contributed by atoms with Crippen LogP contribution in [-0.4, -0.2) is 63.0 Å². The van der Waals surface area contributed by atoms with Crippen molar-refractivity contribution in [3.05, 3.63) is 129 Å². The highest BCUT2D eigenvalue weighted by molar-refractivity contribution is 7.95. The first kappa shape index (κ1) is 44.7. The number of nitrogens with zero attached hydrogens (tertiary/aromatic N) is 5. The van der Waals surface area contributed by atoms with Gasteiger partial charge in [-0.2, -0.15) is 23.4 Å². The fourth-order valence-corrected chi connectivity index (χ4v) is 9.96. The molecule has 27 heteroatoms. The number of hydrogen-bond donors (Lipinski definition) is 7. The van der Waals surface area contributed by atoms with Gasteiger partial charge >= 0.3 is 0 Å². The van der Waals surface area contributed by atoms with Crippen LogP contribution in [0.25, 0.3) is 22.0 Å². The van der Waals surface area contributed by atoms with E-state index in [0.717, 1.165) is 12.1 Å². The second-order valence-corrected chi connectivity index (χ2v) is 18.7. The number of aliphatic imine (C=N–C) groups is 1. The number of ketones is 1. The summed E-state index contributed by atoms with van der Waals surface area (Å²) in [7, 11) is -7.34. The number of aromatic nitrogens is 4. The van der Waals surface area contributed by atoms with Gasteiger partial charge in [-0.15, -0.1) is 8.67 Å². The van der Waals surface area contributed by atoms with Gasteiger partial charge in [0.1, 0.15) is 4.90 Å². The van der Waals surface area contributed by atoms with Crippen molar-refractivity contribution in [1.29, 1.82) is 0 Å². The molecule has 0 bridgehead atoms. The van der Waals surface area contributed by atoms with E-state index in [4.69, 9.17) is 26.4 Å². The van der Waals surface area contributed by atoms with E-state index < -0.39 is 36.4 Å². The molecule has 0 saturated heterocycles. The molecule has 1 aliphatic carbocycles. The van der Waals surface area contributed by atoms with Crippen LogP contribution < -0.4 is 26.2 Å². The van der Waals surface area contributed by atoms with Crippen molar-refractivity contribution in [2.45, 2.75) is 19.6 Å². The van der Waals surface area contributed by atoms with E-state index in [1.807, 2.05) is 0 Å². The van der Waals surface area contributed by atoms with Crippen LogP contribution in [0.3, 0.4) is 0 Å². The third-order valence-corrected chi connectivity index (χ3v) is 13.7. The lowest BCUT2D eigenvalue weighted by molar-refractivity contribution is -0.432. The molecule has 0 amide bonds. The maximum Gasteiger partial charge on any atom is 0.294 e. The number of benzene rings is 5. The summed E-state index contributed by atoms with van der Waals surface area (Å²) in [4.78, 5) is 46.0. The SMILES string of the molecule is Cn1c(=O)c(C2=Nc3ccccc3S(=O)(=O)N2)c2c3c(c(Nc4cc(Nc5nc(Cl)nc(Nc6cc(S(=O)(=O)O)ccc6SOOO)n5)ccc4SOOO)ccc31)C(=O)c1ccccc1-2. The second kappa shape index (κ2) is 17.7. The highest BCUT2D eigenvalue weighted by Gasteiger charge is 2.36. The molecule has 3 heterocycles. The number of nitrogens with one attached hydrogen (secondary N) is 4. The number of halogens is 1. The highest BCUT2D eigenvalue weighted by atomic mass is 35.5. The average Bonchev–Trinajstić information content (AvgIpc) is 3.28. The molecular formula is C39H26ClN9O13S4. The lowest BCUT2D eigenvalue weighted by Gasteiger charge is -2.27. The number of carbonyl (C=O) groups is 1. The lowest BCUT2D eigenvalue weighted by atomic mass is 9.81. The summed E-state index contributed by atoms with van der Waals surface area (Å²) in [6.07, 6.45) is 0. The fourth-order valence-electron chi connectivity index (χ4n) is 7.28. The van der Waals surface area contributed by atoms with Gasteiger partial charge in [0.15, 0.2) is 11.6 Å². The molecule has 0 spiro atoms. The Bertz CT molecular complexity index is 3510. The molecule has 7 N–H and O–H groups in total. The molecular weight excluding hydrogens is 966 g/mol. The van der Waals surface area contributed by atoms with Gasteiger partial charge in [0, 0.05) is 29.2 Å². The summed E-state index contributed by atoms with van der Waals surface area (Å²) in [5.41, 5.74) is 1.56. The van der Waals surface area contributed by atoms with Crippen molar-refractivity contribution in [2.24, 2.45) is 12.0 Å². The van der Waals surface area contributed by atoms with Gasteiger partial charge in [-0.25, -0.2) is 23.9 Å². The molecule has 0 radical (unpaired) electrons. The minimum absolute atomic E-state index is 0.0235. The van der Waals surface area contributed by atoms with Crippen LogP contribution in [0.5, 0.6) is 0 Å². The molecule has 0 fully saturated rings. The number of para-hydroxylation sites is 1. The molecule has 5 aromatic carbocycles. The topological polar surface area (TPSA) is 304 Å². The van der Waals surface area contributed by atoms with Crippen molar-refractivity contribution >= 4 is 119 Å². The van der Waals surface area contributed by atoms with E-state index >= 15 is 0 Å². The molecule has 9 rings (SSSR count). The third-order valence-electron chi connectivity index (χ3n) is 10.0. The van der Waals surface area contributed by atoms with Crippen LogP contribution >= 0.6 is 35.7 Å². The van der Waals surface area contributed by atoms with Crippen molar-refractivity contribution in [3.8, 4) is 11.1 Å². The number of carbonyl (C=O) groups excluding carboxylic acids is 1. The van der Waals surface area contributed by atoms with Gasteiger partial charge in [-0.1, -0.05) is 46.5 Å². The maximum absolute atomic E-state index is 14.7. The Hall–Kier alpha value is -6.53. The number of pyridine rings is 1. The summed E-state index contributed by atoms with van der Waals surface area (Å²) in [5.74, 6) is -1.01. The van der Waals surface area contributed by atoms with Crippen molar-refractivity contribution < 1.29 is 55.4 Å². The van der Waals surface area contributed by atoms with Crippen LogP contribution in [0.1, 0.15) is 21.5 Å². The Morgan fingerprint density at radius 2 is 1.39 bits per heavy atom. The first-order valence-corrected chi connectivity index (χ1v) is 23.3. The third kappa shape index (κ3) is 8.43. The zero-order chi connectivity index (χ0) is 46.5. The van der Waals surface area contributed by atoms with Gasteiger partial charge in [-0.3, -0.25) is 18.9 Å². The zero-order valence-corrected chi connectivity index (χ0v) is 36.9. The van der Waals surface area contributed by atoms with Gasteiger partial charge in [0.25, 0.3) is 25.7 Å². The standard InChI is InChI=1S/C39H26ClN9O13S4/c1-49-26-13-12-23(31-32(26)30(20-6-2-3-7-21(20)34(31)50)33(36(49)51)35-43-22-8-4-5-9-29(22)65(54,55)48-35)42-24-16-18(10-14-27(24)63-61-59-52)41-38-45-37(40)46-39(47-38)44-25-17-19(66(56,57)58)11-15-28(25)64-62-60-53/h2-17,42,52-53H,1H3,(H,43,48)(H,56,57,58)(H2,41,44,45,46,47). The average molecular weight is 992 g/mol. The van der Waals surface area contributed by atoms with Gasteiger partial charge in [-0.05, 0) is 77.8 Å². The molecule has 2 aliphatic rings. The Morgan fingerprint density at radius 1 is 0.742 bits per heavy atom. The predicted octanol–water partition coefficient (Wildman–Crippen LogP) is 7.29. The molecule has 7 aromatic rings. The summed E-state index contributed by atoms with van der Waals surface area (Å²) >= 11 is 7.34. The van der Waals surface area contributed by atoms with Crippen LogP contribution in [0, 0.1) is 0 Å². The van der Waals surface area contributed by atoms with Crippen molar-refractivity contribution in [1.82, 2.24) is 24.2 Å². The molecule has 0 saturated carbocycles. The molecule has 22 nitrogen and oxygen atoms in total. The largest absolute Gasteiger partial charge is 0.354 e. The first-order valence-electron chi connectivity index (χ1n) is 18.5. The molecule has 2 aromatic heterocycles.